The van der Waals surface area contributed by atoms with Crippen LogP contribution in [0.1, 0.15) is 12.1 Å². The highest BCUT2D eigenvalue weighted by atomic mass is 19.1. The topological polar surface area (TPSA) is 112 Å². The molecule has 1 atom stereocenters. The number of nitrogens with one attached hydrogen (secondary N) is 2. The number of H-pyrrole nitrogens is 1. The van der Waals surface area contributed by atoms with Gasteiger partial charge in [-0.15, -0.1) is 0 Å². The maximum Gasteiger partial charge on any atom is 0.225 e. The molecule has 0 unspecified atom stereocenters. The van der Waals surface area contributed by atoms with Crippen LogP contribution in [0.15, 0.2) is 30.6 Å². The first kappa shape index (κ1) is 19.4. The summed E-state index contributed by atoms with van der Waals surface area (Å²) in [5.74, 6) is 0.0583. The third kappa shape index (κ3) is 3.28. The van der Waals surface area contributed by atoms with Crippen LogP contribution >= 0.6 is 0 Å². The molecule has 0 aliphatic carbocycles. The quantitative estimate of drug-likeness (QED) is 0.450. The Bertz CT molecular complexity index is 1280. The first-order chi connectivity index (χ1) is 15.1. The van der Waals surface area contributed by atoms with E-state index in [0.29, 0.717) is 25.5 Å². The number of carbonyl (C=O) groups excluding carboxylic acids is 1. The van der Waals surface area contributed by atoms with E-state index in [1.807, 2.05) is 16.4 Å². The third-order valence-electron chi connectivity index (χ3n) is 5.76. The first-order valence-corrected chi connectivity index (χ1v) is 10.2. The zero-order valence-corrected chi connectivity index (χ0v) is 17.0. The lowest BCUT2D eigenvalue weighted by Crippen LogP contribution is -2.34. The van der Waals surface area contributed by atoms with Crippen LogP contribution in [0.25, 0.3) is 27.6 Å². The number of anilines is 1. The van der Waals surface area contributed by atoms with Crippen molar-refractivity contribution in [2.45, 2.75) is 13.3 Å². The van der Waals surface area contributed by atoms with Crippen molar-refractivity contribution in [1.82, 2.24) is 30.0 Å². The number of aliphatic hydroxyl groups is 1. The average molecular weight is 423 g/mol. The number of aryl methyl sites for hydroxylation is 1. The largest absolute Gasteiger partial charge is 0.395 e. The molecule has 9 nitrogen and oxygen atoms in total. The van der Waals surface area contributed by atoms with Crippen molar-refractivity contribution in [2.75, 3.05) is 31.1 Å². The van der Waals surface area contributed by atoms with Crippen molar-refractivity contribution in [2.24, 2.45) is 5.92 Å². The van der Waals surface area contributed by atoms with E-state index in [0.717, 1.165) is 33.3 Å². The summed E-state index contributed by atoms with van der Waals surface area (Å²) in [6.07, 6.45) is 4.17. The van der Waals surface area contributed by atoms with E-state index in [1.54, 1.807) is 18.5 Å². The number of fused-ring (bicyclic) bond motifs is 3. The maximum absolute atomic E-state index is 13.8. The fraction of sp³-hybridized carbons (Fsp3) is 0.333. The van der Waals surface area contributed by atoms with Crippen molar-refractivity contribution in [3.63, 3.8) is 0 Å². The Morgan fingerprint density at radius 3 is 3.03 bits per heavy atom. The Balaban J connectivity index is 1.47. The summed E-state index contributed by atoms with van der Waals surface area (Å²) in [6, 6.07) is 4.66. The maximum atomic E-state index is 13.8. The van der Waals surface area contributed by atoms with Gasteiger partial charge in [-0.25, -0.2) is 14.4 Å². The number of aliphatic hydroxyl groups excluding tert-OH is 1. The number of amides is 1. The standard InChI is InChI=1S/C21H22FN7O2/c1-12-17(29-16-3-2-14(22)8-15(16)19-18(29)10-25-27-19)9-24-21(26-12)28-6-4-13(11-28)20(31)23-5-7-30/h2-3,8-10,13,30H,4-7,11H2,1H3,(H,23,31)(H,25,27)/t13-/m0/s1. The van der Waals surface area contributed by atoms with E-state index in [-0.39, 0.29) is 30.8 Å². The lowest BCUT2D eigenvalue weighted by molar-refractivity contribution is -0.124. The normalized spacial score (nSPS) is 16.5. The molecule has 0 radical (unpaired) electrons. The van der Waals surface area contributed by atoms with E-state index in [9.17, 15) is 9.18 Å². The average Bonchev–Trinajstić information content (AvgIpc) is 3.49. The fourth-order valence-electron chi connectivity index (χ4n) is 4.24. The molecule has 1 aliphatic heterocycles. The summed E-state index contributed by atoms with van der Waals surface area (Å²) in [7, 11) is 0. The molecule has 10 heteroatoms. The van der Waals surface area contributed by atoms with Crippen LogP contribution in [0.2, 0.25) is 0 Å². The minimum absolute atomic E-state index is 0.0571. The highest BCUT2D eigenvalue weighted by molar-refractivity contribution is 6.06. The Morgan fingerprint density at radius 2 is 2.23 bits per heavy atom. The molecule has 5 rings (SSSR count). The van der Waals surface area contributed by atoms with Crippen LogP contribution in [0.3, 0.4) is 0 Å². The van der Waals surface area contributed by atoms with Crippen LogP contribution in [0, 0.1) is 18.7 Å². The molecule has 160 valence electrons. The Morgan fingerprint density at radius 1 is 1.35 bits per heavy atom. The molecular formula is C21H22FN7O2. The molecule has 0 spiro atoms. The lowest BCUT2D eigenvalue weighted by atomic mass is 10.1. The van der Waals surface area contributed by atoms with Gasteiger partial charge in [-0.05, 0) is 31.5 Å². The number of hydrogen-bond donors (Lipinski definition) is 3. The van der Waals surface area contributed by atoms with Crippen molar-refractivity contribution in [1.29, 1.82) is 0 Å². The molecule has 1 aliphatic rings. The summed E-state index contributed by atoms with van der Waals surface area (Å²) in [5, 5.41) is 19.4. The van der Waals surface area contributed by atoms with Crippen LogP contribution in [0.4, 0.5) is 10.3 Å². The van der Waals surface area contributed by atoms with E-state index in [4.69, 9.17) is 10.1 Å². The second-order valence-electron chi connectivity index (χ2n) is 7.71. The number of hydrogen-bond acceptors (Lipinski definition) is 6. The summed E-state index contributed by atoms with van der Waals surface area (Å²) < 4.78 is 15.8. The third-order valence-corrected chi connectivity index (χ3v) is 5.76. The van der Waals surface area contributed by atoms with Gasteiger partial charge in [0.1, 0.15) is 5.82 Å². The fourth-order valence-corrected chi connectivity index (χ4v) is 4.24. The molecule has 0 saturated carbocycles. The van der Waals surface area contributed by atoms with Gasteiger partial charge in [-0.2, -0.15) is 5.10 Å². The molecule has 4 heterocycles. The van der Waals surface area contributed by atoms with Gasteiger partial charge in [0.15, 0.2) is 0 Å². The summed E-state index contributed by atoms with van der Waals surface area (Å²) in [4.78, 5) is 23.4. The molecule has 0 bridgehead atoms. The molecule has 1 fully saturated rings. The number of aromatic nitrogens is 5. The molecule has 31 heavy (non-hydrogen) atoms. The van der Waals surface area contributed by atoms with Crippen molar-refractivity contribution >= 4 is 33.8 Å². The number of rotatable bonds is 5. The second-order valence-corrected chi connectivity index (χ2v) is 7.71. The predicted octanol–water partition coefficient (Wildman–Crippen LogP) is 1.68. The summed E-state index contributed by atoms with van der Waals surface area (Å²) in [6.45, 7) is 3.32. The second kappa shape index (κ2) is 7.62. The molecule has 1 amide bonds. The van der Waals surface area contributed by atoms with Crippen molar-refractivity contribution in [3.05, 3.63) is 42.1 Å². The van der Waals surface area contributed by atoms with Gasteiger partial charge in [0.05, 0.1) is 52.8 Å². The van der Waals surface area contributed by atoms with E-state index in [2.05, 4.69) is 20.5 Å². The molecule has 1 saturated heterocycles. The molecule has 1 aromatic carbocycles. The van der Waals surface area contributed by atoms with Crippen LogP contribution in [-0.2, 0) is 4.79 Å². The van der Waals surface area contributed by atoms with Crippen LogP contribution < -0.4 is 10.2 Å². The molecule has 3 N–H and O–H groups in total. The number of halogens is 1. The van der Waals surface area contributed by atoms with Gasteiger partial charge in [-0.3, -0.25) is 9.89 Å². The number of benzene rings is 1. The Labute approximate surface area is 176 Å². The lowest BCUT2D eigenvalue weighted by Gasteiger charge is -2.18. The molecule has 3 aromatic heterocycles. The molecular weight excluding hydrogens is 401 g/mol. The first-order valence-electron chi connectivity index (χ1n) is 10.2. The van der Waals surface area contributed by atoms with Crippen molar-refractivity contribution in [3.8, 4) is 5.69 Å². The van der Waals surface area contributed by atoms with Gasteiger partial charge in [0.2, 0.25) is 11.9 Å². The van der Waals surface area contributed by atoms with Gasteiger partial charge < -0.3 is 19.9 Å². The van der Waals surface area contributed by atoms with Gasteiger partial charge in [-0.1, -0.05) is 0 Å². The van der Waals surface area contributed by atoms with Crippen LogP contribution in [-0.4, -0.2) is 62.0 Å². The van der Waals surface area contributed by atoms with Gasteiger partial charge in [0, 0.05) is 25.0 Å². The monoisotopic (exact) mass is 423 g/mol. The summed E-state index contributed by atoms with van der Waals surface area (Å²) >= 11 is 0. The molecule has 4 aromatic rings. The minimum atomic E-state index is -0.309. The van der Waals surface area contributed by atoms with E-state index in [1.165, 1.54) is 12.1 Å². The van der Waals surface area contributed by atoms with Crippen LogP contribution in [0.5, 0.6) is 0 Å². The number of nitrogens with zero attached hydrogens (tertiary/aromatic N) is 5. The Hall–Kier alpha value is -3.53. The van der Waals surface area contributed by atoms with Gasteiger partial charge in [0.25, 0.3) is 0 Å². The van der Waals surface area contributed by atoms with E-state index < -0.39 is 0 Å². The van der Waals surface area contributed by atoms with Gasteiger partial charge >= 0.3 is 0 Å². The predicted molar refractivity (Wildman–Crippen MR) is 114 cm³/mol. The minimum Gasteiger partial charge on any atom is -0.395 e. The smallest absolute Gasteiger partial charge is 0.225 e. The Kier molecular flexibility index (Phi) is 4.78. The number of aromatic amines is 1. The highest BCUT2D eigenvalue weighted by Gasteiger charge is 2.30. The zero-order valence-electron chi connectivity index (χ0n) is 17.0. The SMILES string of the molecule is Cc1nc(N2CC[C@H](C(=O)NCCO)C2)ncc1-n1c2ccc(F)cc2c2[nH]ncc21. The van der Waals surface area contributed by atoms with E-state index >= 15 is 0 Å². The highest BCUT2D eigenvalue weighted by Crippen LogP contribution is 2.32. The summed E-state index contributed by atoms with van der Waals surface area (Å²) in [5.41, 5.74) is 3.97. The zero-order chi connectivity index (χ0) is 21.5. The van der Waals surface area contributed by atoms with Crippen molar-refractivity contribution < 1.29 is 14.3 Å². The number of carbonyl (C=O) groups is 1.